The van der Waals surface area contributed by atoms with Gasteiger partial charge in [-0.25, -0.2) is 4.39 Å². The van der Waals surface area contributed by atoms with Crippen LogP contribution in [0, 0.1) is 11.7 Å². The standard InChI is InChI=1S/C14H21FN2/c1-2-3-10-4-5-14(16)13(6-10)11-7-12(15)9-17-8-11/h7-10,13-14H,2-6,16H2,1H3. The maximum atomic E-state index is 13.2. The molecule has 0 spiro atoms. The van der Waals surface area contributed by atoms with Crippen molar-refractivity contribution in [1.29, 1.82) is 0 Å². The van der Waals surface area contributed by atoms with E-state index in [0.29, 0.717) is 0 Å². The first-order valence-electron chi connectivity index (χ1n) is 6.56. The smallest absolute Gasteiger partial charge is 0.141 e. The summed E-state index contributed by atoms with van der Waals surface area (Å²) in [5.41, 5.74) is 7.14. The maximum absolute atomic E-state index is 13.2. The Morgan fingerprint density at radius 1 is 1.41 bits per heavy atom. The van der Waals surface area contributed by atoms with Gasteiger partial charge in [0.25, 0.3) is 0 Å². The van der Waals surface area contributed by atoms with E-state index in [9.17, 15) is 4.39 Å². The zero-order valence-electron chi connectivity index (χ0n) is 10.4. The lowest BCUT2D eigenvalue weighted by atomic mass is 9.74. The second kappa shape index (κ2) is 5.58. The molecule has 1 aliphatic rings. The van der Waals surface area contributed by atoms with Crippen molar-refractivity contribution < 1.29 is 4.39 Å². The highest BCUT2D eigenvalue weighted by molar-refractivity contribution is 5.19. The van der Waals surface area contributed by atoms with Crippen molar-refractivity contribution in [3.05, 3.63) is 29.8 Å². The number of hydrogen-bond acceptors (Lipinski definition) is 2. The van der Waals surface area contributed by atoms with Gasteiger partial charge in [0.1, 0.15) is 5.82 Å². The van der Waals surface area contributed by atoms with E-state index in [0.717, 1.165) is 24.3 Å². The van der Waals surface area contributed by atoms with Gasteiger partial charge in [0.2, 0.25) is 0 Å². The van der Waals surface area contributed by atoms with E-state index >= 15 is 0 Å². The Labute approximate surface area is 102 Å². The number of nitrogens with two attached hydrogens (primary N) is 1. The van der Waals surface area contributed by atoms with Gasteiger partial charge in [0.15, 0.2) is 0 Å². The maximum Gasteiger partial charge on any atom is 0.141 e. The molecule has 0 amide bonds. The summed E-state index contributed by atoms with van der Waals surface area (Å²) in [6.07, 6.45) is 8.84. The predicted molar refractivity (Wildman–Crippen MR) is 67.2 cm³/mol. The van der Waals surface area contributed by atoms with Crippen molar-refractivity contribution >= 4 is 0 Å². The topological polar surface area (TPSA) is 38.9 Å². The first-order valence-corrected chi connectivity index (χ1v) is 6.56. The second-order valence-electron chi connectivity index (χ2n) is 5.17. The lowest BCUT2D eigenvalue weighted by Gasteiger charge is -2.34. The van der Waals surface area contributed by atoms with Crippen molar-refractivity contribution in [2.75, 3.05) is 0 Å². The number of rotatable bonds is 3. The molecule has 0 bridgehead atoms. The fraction of sp³-hybridized carbons (Fsp3) is 0.643. The van der Waals surface area contributed by atoms with E-state index in [1.54, 1.807) is 12.3 Å². The van der Waals surface area contributed by atoms with Gasteiger partial charge in [-0.3, -0.25) is 4.98 Å². The second-order valence-corrected chi connectivity index (χ2v) is 5.17. The molecule has 0 saturated heterocycles. The van der Waals surface area contributed by atoms with E-state index < -0.39 is 0 Å². The Balaban J connectivity index is 2.12. The van der Waals surface area contributed by atoms with E-state index in [4.69, 9.17) is 5.73 Å². The lowest BCUT2D eigenvalue weighted by molar-refractivity contribution is 0.273. The number of pyridine rings is 1. The number of halogens is 1. The fourth-order valence-electron chi connectivity index (χ4n) is 2.97. The molecule has 1 heterocycles. The van der Waals surface area contributed by atoms with Gasteiger partial charge in [0, 0.05) is 18.2 Å². The molecule has 1 aliphatic carbocycles. The van der Waals surface area contributed by atoms with Crippen LogP contribution in [0.15, 0.2) is 18.5 Å². The molecule has 0 aromatic carbocycles. The Morgan fingerprint density at radius 3 is 2.94 bits per heavy atom. The highest BCUT2D eigenvalue weighted by atomic mass is 19.1. The molecule has 0 aliphatic heterocycles. The third-order valence-electron chi connectivity index (χ3n) is 3.86. The van der Waals surface area contributed by atoms with Crippen LogP contribution in [0.25, 0.3) is 0 Å². The minimum atomic E-state index is -0.257. The zero-order chi connectivity index (χ0) is 12.3. The first-order chi connectivity index (χ1) is 8.20. The third-order valence-corrected chi connectivity index (χ3v) is 3.86. The third kappa shape index (κ3) is 3.03. The average molecular weight is 236 g/mol. The van der Waals surface area contributed by atoms with Crippen molar-refractivity contribution in [3.8, 4) is 0 Å². The summed E-state index contributed by atoms with van der Waals surface area (Å²) in [6, 6.07) is 1.75. The van der Waals surface area contributed by atoms with E-state index in [1.165, 1.54) is 25.5 Å². The van der Waals surface area contributed by atoms with Gasteiger partial charge in [0.05, 0.1) is 6.20 Å². The Kier molecular flexibility index (Phi) is 4.11. The molecule has 1 saturated carbocycles. The quantitative estimate of drug-likeness (QED) is 0.875. The van der Waals surface area contributed by atoms with Crippen LogP contribution < -0.4 is 5.73 Å². The molecule has 1 fully saturated rings. The molecule has 17 heavy (non-hydrogen) atoms. The van der Waals surface area contributed by atoms with E-state index in [2.05, 4.69) is 11.9 Å². The SMILES string of the molecule is CCCC1CCC(N)C(c2cncc(F)c2)C1. The van der Waals surface area contributed by atoms with Crippen molar-refractivity contribution in [2.45, 2.75) is 51.0 Å². The predicted octanol–water partition coefficient (Wildman–Crippen LogP) is 3.23. The minimum Gasteiger partial charge on any atom is -0.327 e. The monoisotopic (exact) mass is 236 g/mol. The van der Waals surface area contributed by atoms with Crippen LogP contribution in [0.4, 0.5) is 4.39 Å². The average Bonchev–Trinajstić information content (AvgIpc) is 2.32. The largest absolute Gasteiger partial charge is 0.327 e. The normalized spacial score (nSPS) is 29.2. The molecular weight excluding hydrogens is 215 g/mol. The summed E-state index contributed by atoms with van der Waals surface area (Å²) in [5, 5.41) is 0. The number of hydrogen-bond donors (Lipinski definition) is 1. The number of aromatic nitrogens is 1. The molecule has 2 rings (SSSR count). The van der Waals surface area contributed by atoms with Gasteiger partial charge in [-0.1, -0.05) is 19.8 Å². The summed E-state index contributed by atoms with van der Waals surface area (Å²) in [7, 11) is 0. The summed E-state index contributed by atoms with van der Waals surface area (Å²) in [5.74, 6) is 0.767. The van der Waals surface area contributed by atoms with Crippen LogP contribution in [0.1, 0.15) is 50.5 Å². The van der Waals surface area contributed by atoms with Crippen LogP contribution in [0.2, 0.25) is 0 Å². The molecule has 3 heteroatoms. The van der Waals surface area contributed by atoms with Crippen molar-refractivity contribution in [2.24, 2.45) is 11.7 Å². The molecule has 1 aromatic heterocycles. The molecule has 2 nitrogen and oxygen atoms in total. The molecular formula is C14H21FN2. The van der Waals surface area contributed by atoms with Crippen molar-refractivity contribution in [1.82, 2.24) is 4.98 Å². The van der Waals surface area contributed by atoms with E-state index in [1.807, 2.05) is 0 Å². The Bertz CT molecular complexity index is 367. The highest BCUT2D eigenvalue weighted by Crippen LogP contribution is 2.37. The highest BCUT2D eigenvalue weighted by Gasteiger charge is 2.29. The van der Waals surface area contributed by atoms with Crippen LogP contribution in [-0.2, 0) is 0 Å². The summed E-state index contributed by atoms with van der Waals surface area (Å²) in [6.45, 7) is 2.22. The molecule has 3 atom stereocenters. The molecule has 94 valence electrons. The van der Waals surface area contributed by atoms with Gasteiger partial charge in [-0.2, -0.15) is 0 Å². The van der Waals surface area contributed by atoms with Crippen molar-refractivity contribution in [3.63, 3.8) is 0 Å². The van der Waals surface area contributed by atoms with Crippen LogP contribution in [-0.4, -0.2) is 11.0 Å². The summed E-state index contributed by atoms with van der Waals surface area (Å²) < 4.78 is 13.2. The van der Waals surface area contributed by atoms with Crippen LogP contribution in [0.3, 0.4) is 0 Å². The molecule has 0 radical (unpaired) electrons. The number of nitrogens with zero attached hydrogens (tertiary/aromatic N) is 1. The fourth-order valence-corrected chi connectivity index (χ4v) is 2.97. The Hall–Kier alpha value is -0.960. The van der Waals surface area contributed by atoms with Gasteiger partial charge in [-0.15, -0.1) is 0 Å². The molecule has 1 aromatic rings. The Morgan fingerprint density at radius 2 is 2.24 bits per heavy atom. The first kappa shape index (κ1) is 12.5. The van der Waals surface area contributed by atoms with Gasteiger partial charge in [-0.05, 0) is 36.8 Å². The van der Waals surface area contributed by atoms with Gasteiger partial charge < -0.3 is 5.73 Å². The summed E-state index contributed by atoms with van der Waals surface area (Å²) in [4.78, 5) is 3.93. The van der Waals surface area contributed by atoms with Crippen LogP contribution >= 0.6 is 0 Å². The van der Waals surface area contributed by atoms with Gasteiger partial charge >= 0.3 is 0 Å². The molecule has 3 unspecified atom stereocenters. The summed E-state index contributed by atoms with van der Waals surface area (Å²) >= 11 is 0. The minimum absolute atomic E-state index is 0.159. The molecule has 2 N–H and O–H groups in total. The lowest BCUT2D eigenvalue weighted by Crippen LogP contribution is -2.34. The van der Waals surface area contributed by atoms with Crippen LogP contribution in [0.5, 0.6) is 0 Å². The zero-order valence-corrected chi connectivity index (χ0v) is 10.4. The van der Waals surface area contributed by atoms with E-state index in [-0.39, 0.29) is 17.8 Å².